The van der Waals surface area contributed by atoms with E-state index in [-0.39, 0.29) is 0 Å². The maximum absolute atomic E-state index is 3.06. The quantitative estimate of drug-likeness (QED) is 0.617. The van der Waals surface area contributed by atoms with Gasteiger partial charge in [-0.2, -0.15) is 0 Å². The molecule has 58 valence electrons. The third-order valence-corrected chi connectivity index (χ3v) is 1.12. The van der Waals surface area contributed by atoms with Crippen molar-refractivity contribution in [3.8, 4) is 0 Å². The Kier molecular flexibility index (Phi) is 7.68. The molecule has 0 fully saturated rings. The van der Waals surface area contributed by atoms with Crippen molar-refractivity contribution in [3.63, 3.8) is 0 Å². The highest BCUT2D eigenvalue weighted by Gasteiger charge is 1.69. The molecule has 0 aliphatic heterocycles. The van der Waals surface area contributed by atoms with Crippen molar-refractivity contribution in [1.82, 2.24) is 5.32 Å². The largest absolute Gasteiger partial charge is 0.368 e. The summed E-state index contributed by atoms with van der Waals surface area (Å²) in [5.74, 6) is 0. The fourth-order valence-corrected chi connectivity index (χ4v) is 0.559. The van der Waals surface area contributed by atoms with Gasteiger partial charge in [-0.05, 0) is 25.2 Å². The molecule has 0 radical (unpaired) electrons. The number of allylic oxidation sites excluding steroid dienone is 2. The Balaban J connectivity index is 3.09. The zero-order chi connectivity index (χ0) is 7.66. The molecular formula is C9H17N. The molecule has 0 saturated heterocycles. The molecule has 1 nitrogen and oxygen atoms in total. The minimum Gasteiger partial charge on any atom is -0.368 e. The molecule has 0 spiro atoms. The average Bonchev–Trinajstić information content (AvgIpc) is 1.97. The zero-order valence-corrected chi connectivity index (χ0v) is 6.93. The standard InChI is InChI=1S/C9H17N/c1-3-5-7-9-10-8-6-4-2/h6-10H,3-5H2,1-2H3/b8-6+,9-7+. The second-order valence-electron chi connectivity index (χ2n) is 2.17. The summed E-state index contributed by atoms with van der Waals surface area (Å²) in [7, 11) is 0. The summed E-state index contributed by atoms with van der Waals surface area (Å²) in [5.41, 5.74) is 0. The Labute approximate surface area is 63.8 Å². The number of unbranched alkanes of at least 4 members (excludes halogenated alkanes) is 1. The smallest absolute Gasteiger partial charge is 0.00358 e. The molecule has 0 atom stereocenters. The van der Waals surface area contributed by atoms with Gasteiger partial charge in [0.2, 0.25) is 0 Å². The van der Waals surface area contributed by atoms with Crippen LogP contribution in [-0.4, -0.2) is 0 Å². The van der Waals surface area contributed by atoms with Crippen molar-refractivity contribution in [2.45, 2.75) is 33.1 Å². The molecule has 1 heteroatoms. The molecule has 0 saturated carbocycles. The summed E-state index contributed by atoms with van der Waals surface area (Å²) in [4.78, 5) is 0. The molecule has 0 aliphatic carbocycles. The topological polar surface area (TPSA) is 12.0 Å². The maximum atomic E-state index is 3.06. The van der Waals surface area contributed by atoms with E-state index in [1.165, 1.54) is 6.42 Å². The van der Waals surface area contributed by atoms with Crippen molar-refractivity contribution in [2.75, 3.05) is 0 Å². The van der Waals surface area contributed by atoms with Crippen molar-refractivity contribution >= 4 is 0 Å². The van der Waals surface area contributed by atoms with Gasteiger partial charge in [-0.1, -0.05) is 32.4 Å². The van der Waals surface area contributed by atoms with Crippen LogP contribution in [0.3, 0.4) is 0 Å². The molecule has 0 aliphatic rings. The number of rotatable bonds is 5. The third-order valence-electron chi connectivity index (χ3n) is 1.12. The SMILES string of the molecule is CC/C=C/N/C=C/CCC. The summed E-state index contributed by atoms with van der Waals surface area (Å²) in [6.07, 6.45) is 11.6. The first-order valence-electron chi connectivity index (χ1n) is 3.97. The normalized spacial score (nSPS) is 11.4. The monoisotopic (exact) mass is 139 g/mol. The molecule has 0 aromatic rings. The van der Waals surface area contributed by atoms with Crippen molar-refractivity contribution in [2.24, 2.45) is 0 Å². The lowest BCUT2D eigenvalue weighted by molar-refractivity contribution is 0.948. The molecule has 0 unspecified atom stereocenters. The maximum Gasteiger partial charge on any atom is -0.00358 e. The van der Waals surface area contributed by atoms with Crippen LogP contribution in [0.1, 0.15) is 33.1 Å². The highest BCUT2D eigenvalue weighted by Crippen LogP contribution is 1.85. The first-order chi connectivity index (χ1) is 4.91. The van der Waals surface area contributed by atoms with Gasteiger partial charge in [-0.3, -0.25) is 0 Å². The number of hydrogen-bond donors (Lipinski definition) is 1. The van der Waals surface area contributed by atoms with Crippen molar-refractivity contribution < 1.29 is 0 Å². The van der Waals surface area contributed by atoms with E-state index in [0.29, 0.717) is 0 Å². The Morgan fingerprint density at radius 3 is 2.40 bits per heavy atom. The first kappa shape index (κ1) is 9.28. The van der Waals surface area contributed by atoms with E-state index in [1.54, 1.807) is 0 Å². The van der Waals surface area contributed by atoms with Gasteiger partial charge in [0.25, 0.3) is 0 Å². The highest BCUT2D eigenvalue weighted by atomic mass is 14.8. The van der Waals surface area contributed by atoms with Gasteiger partial charge in [0.05, 0.1) is 0 Å². The lowest BCUT2D eigenvalue weighted by Crippen LogP contribution is -1.90. The van der Waals surface area contributed by atoms with Gasteiger partial charge >= 0.3 is 0 Å². The molecule has 0 aromatic carbocycles. The minimum absolute atomic E-state index is 1.09. The van der Waals surface area contributed by atoms with E-state index in [0.717, 1.165) is 12.8 Å². The fourth-order valence-electron chi connectivity index (χ4n) is 0.559. The van der Waals surface area contributed by atoms with Crippen LogP contribution in [0.2, 0.25) is 0 Å². The van der Waals surface area contributed by atoms with Gasteiger partial charge in [-0.15, -0.1) is 0 Å². The van der Waals surface area contributed by atoms with E-state index < -0.39 is 0 Å². The van der Waals surface area contributed by atoms with Gasteiger partial charge in [0.1, 0.15) is 0 Å². The summed E-state index contributed by atoms with van der Waals surface area (Å²) >= 11 is 0. The highest BCUT2D eigenvalue weighted by molar-refractivity contribution is 4.87. The molecule has 10 heavy (non-hydrogen) atoms. The Morgan fingerprint density at radius 1 is 1.10 bits per heavy atom. The van der Waals surface area contributed by atoms with Crippen molar-refractivity contribution in [3.05, 3.63) is 24.6 Å². The third kappa shape index (κ3) is 7.28. The molecule has 1 N–H and O–H groups in total. The Bertz CT molecular complexity index is 103. The number of hydrogen-bond acceptors (Lipinski definition) is 1. The van der Waals surface area contributed by atoms with Crippen LogP contribution >= 0.6 is 0 Å². The van der Waals surface area contributed by atoms with E-state index in [4.69, 9.17) is 0 Å². The predicted octanol–water partition coefficient (Wildman–Crippen LogP) is 2.81. The average molecular weight is 139 g/mol. The predicted molar refractivity (Wildman–Crippen MR) is 46.6 cm³/mol. The van der Waals surface area contributed by atoms with Crippen LogP contribution in [0.15, 0.2) is 24.6 Å². The second kappa shape index (κ2) is 8.28. The van der Waals surface area contributed by atoms with Gasteiger partial charge in [0.15, 0.2) is 0 Å². The van der Waals surface area contributed by atoms with E-state index in [1.807, 2.05) is 12.4 Å². The fraction of sp³-hybridized carbons (Fsp3) is 0.556. The second-order valence-corrected chi connectivity index (χ2v) is 2.17. The van der Waals surface area contributed by atoms with Crippen LogP contribution in [0.4, 0.5) is 0 Å². The van der Waals surface area contributed by atoms with Gasteiger partial charge in [-0.25, -0.2) is 0 Å². The van der Waals surface area contributed by atoms with E-state index >= 15 is 0 Å². The van der Waals surface area contributed by atoms with Crippen LogP contribution in [-0.2, 0) is 0 Å². The van der Waals surface area contributed by atoms with Gasteiger partial charge in [0, 0.05) is 0 Å². The van der Waals surface area contributed by atoms with E-state index in [9.17, 15) is 0 Å². The summed E-state index contributed by atoms with van der Waals surface area (Å²) < 4.78 is 0. The molecule has 0 heterocycles. The first-order valence-corrected chi connectivity index (χ1v) is 3.97. The Morgan fingerprint density at radius 2 is 1.80 bits per heavy atom. The minimum atomic E-state index is 1.09. The number of nitrogens with one attached hydrogen (secondary N) is 1. The van der Waals surface area contributed by atoms with Crippen LogP contribution in [0.5, 0.6) is 0 Å². The van der Waals surface area contributed by atoms with Crippen LogP contribution in [0.25, 0.3) is 0 Å². The summed E-state index contributed by atoms with van der Waals surface area (Å²) in [5, 5.41) is 3.06. The molecule has 0 amide bonds. The molecular weight excluding hydrogens is 122 g/mol. The summed E-state index contributed by atoms with van der Waals surface area (Å²) in [6.45, 7) is 4.29. The van der Waals surface area contributed by atoms with Crippen molar-refractivity contribution in [1.29, 1.82) is 0 Å². The zero-order valence-electron chi connectivity index (χ0n) is 6.93. The van der Waals surface area contributed by atoms with Crippen LogP contribution < -0.4 is 5.32 Å². The van der Waals surface area contributed by atoms with Crippen LogP contribution in [0, 0.1) is 0 Å². The van der Waals surface area contributed by atoms with Gasteiger partial charge < -0.3 is 5.32 Å². The Hall–Kier alpha value is -0.720. The molecule has 0 bridgehead atoms. The van der Waals surface area contributed by atoms with E-state index in [2.05, 4.69) is 31.3 Å². The lowest BCUT2D eigenvalue weighted by atomic mass is 10.3. The molecule has 0 aromatic heterocycles. The molecule has 0 rings (SSSR count). The summed E-state index contributed by atoms with van der Waals surface area (Å²) in [6, 6.07) is 0. The lowest BCUT2D eigenvalue weighted by Gasteiger charge is -1.87.